The summed E-state index contributed by atoms with van der Waals surface area (Å²) in [5.41, 5.74) is 1.43. The Morgan fingerprint density at radius 3 is 2.61 bits per heavy atom. The van der Waals surface area contributed by atoms with Gasteiger partial charge in [0.2, 0.25) is 0 Å². The van der Waals surface area contributed by atoms with Crippen molar-refractivity contribution < 1.29 is 0 Å². The third-order valence-electron chi connectivity index (χ3n) is 4.08. The molecule has 1 N–H and O–H groups in total. The fraction of sp³-hybridized carbons (Fsp3) is 0.625. The summed E-state index contributed by atoms with van der Waals surface area (Å²) in [6.07, 6.45) is 2.62. The van der Waals surface area contributed by atoms with Crippen LogP contribution in [0, 0.1) is 5.92 Å². The van der Waals surface area contributed by atoms with E-state index in [9.17, 15) is 0 Å². The third-order valence-corrected chi connectivity index (χ3v) is 4.08. The highest BCUT2D eigenvalue weighted by Gasteiger charge is 2.32. The Bertz CT molecular complexity index is 347. The molecular formula is C16H26N2. The Hall–Kier alpha value is -0.860. The minimum Gasteiger partial charge on any atom is -0.315 e. The minimum atomic E-state index is 0.641. The van der Waals surface area contributed by atoms with E-state index in [1.165, 1.54) is 24.9 Å². The zero-order valence-electron chi connectivity index (χ0n) is 11.9. The van der Waals surface area contributed by atoms with E-state index >= 15 is 0 Å². The first kappa shape index (κ1) is 13.6. The van der Waals surface area contributed by atoms with Crippen molar-refractivity contribution in [1.82, 2.24) is 10.2 Å². The molecule has 1 saturated heterocycles. The molecule has 2 rings (SSSR count). The van der Waals surface area contributed by atoms with E-state index in [4.69, 9.17) is 0 Å². The second kappa shape index (κ2) is 6.35. The number of rotatable bonds is 4. The number of likely N-dealkylation sites (tertiary alicyclic amines) is 1. The predicted molar refractivity (Wildman–Crippen MR) is 77.6 cm³/mol. The van der Waals surface area contributed by atoms with Gasteiger partial charge in [-0.3, -0.25) is 4.90 Å². The van der Waals surface area contributed by atoms with Gasteiger partial charge in [-0.1, -0.05) is 44.2 Å². The van der Waals surface area contributed by atoms with E-state index in [1.54, 1.807) is 0 Å². The number of benzene rings is 1. The van der Waals surface area contributed by atoms with Gasteiger partial charge in [-0.05, 0) is 37.9 Å². The molecule has 0 spiro atoms. The smallest absolute Gasteiger partial charge is 0.0275 e. The van der Waals surface area contributed by atoms with Gasteiger partial charge in [0.1, 0.15) is 0 Å². The monoisotopic (exact) mass is 246 g/mol. The van der Waals surface area contributed by atoms with Gasteiger partial charge in [0, 0.05) is 18.6 Å². The van der Waals surface area contributed by atoms with Crippen LogP contribution in [0.5, 0.6) is 0 Å². The fourth-order valence-electron chi connectivity index (χ4n) is 3.29. The number of hydrogen-bond donors (Lipinski definition) is 1. The van der Waals surface area contributed by atoms with Crippen molar-refractivity contribution in [2.45, 2.75) is 45.3 Å². The van der Waals surface area contributed by atoms with E-state index in [2.05, 4.69) is 61.4 Å². The van der Waals surface area contributed by atoms with Crippen molar-refractivity contribution in [1.29, 1.82) is 0 Å². The fourth-order valence-corrected chi connectivity index (χ4v) is 3.29. The molecular weight excluding hydrogens is 220 g/mol. The number of nitrogens with zero attached hydrogens (tertiary/aromatic N) is 1. The first-order chi connectivity index (χ1) is 8.72. The first-order valence-electron chi connectivity index (χ1n) is 7.17. The van der Waals surface area contributed by atoms with Crippen LogP contribution in [0.1, 0.15) is 32.3 Å². The van der Waals surface area contributed by atoms with Crippen molar-refractivity contribution >= 4 is 0 Å². The molecule has 100 valence electrons. The Morgan fingerprint density at radius 1 is 1.28 bits per heavy atom. The van der Waals surface area contributed by atoms with E-state index < -0.39 is 0 Å². The molecule has 2 heteroatoms. The highest BCUT2D eigenvalue weighted by molar-refractivity contribution is 5.15. The summed E-state index contributed by atoms with van der Waals surface area (Å²) >= 11 is 0. The van der Waals surface area contributed by atoms with Crippen LogP contribution in [0.2, 0.25) is 0 Å². The molecule has 2 unspecified atom stereocenters. The van der Waals surface area contributed by atoms with Crippen molar-refractivity contribution in [2.75, 3.05) is 13.6 Å². The molecule has 0 bridgehead atoms. The Kier molecular flexibility index (Phi) is 4.79. The van der Waals surface area contributed by atoms with E-state index in [-0.39, 0.29) is 0 Å². The Labute approximate surface area is 111 Å². The maximum Gasteiger partial charge on any atom is 0.0275 e. The molecule has 1 aliphatic heterocycles. The largest absolute Gasteiger partial charge is 0.315 e. The average Bonchev–Trinajstić information content (AvgIpc) is 2.39. The van der Waals surface area contributed by atoms with Crippen LogP contribution in [0.25, 0.3) is 0 Å². The molecule has 1 aliphatic rings. The summed E-state index contributed by atoms with van der Waals surface area (Å²) in [6.45, 7) is 7.01. The summed E-state index contributed by atoms with van der Waals surface area (Å²) in [6, 6.07) is 12.1. The lowest BCUT2D eigenvalue weighted by atomic mass is 9.87. The van der Waals surface area contributed by atoms with Gasteiger partial charge in [0.15, 0.2) is 0 Å². The highest BCUT2D eigenvalue weighted by atomic mass is 15.2. The first-order valence-corrected chi connectivity index (χ1v) is 7.17. The lowest BCUT2D eigenvalue weighted by Crippen LogP contribution is -2.55. The van der Waals surface area contributed by atoms with Gasteiger partial charge in [0.25, 0.3) is 0 Å². The zero-order chi connectivity index (χ0) is 13.0. The topological polar surface area (TPSA) is 15.3 Å². The summed E-state index contributed by atoms with van der Waals surface area (Å²) in [4.78, 5) is 2.66. The third kappa shape index (κ3) is 3.12. The number of hydrogen-bond acceptors (Lipinski definition) is 2. The van der Waals surface area contributed by atoms with Gasteiger partial charge in [-0.15, -0.1) is 0 Å². The Morgan fingerprint density at radius 2 is 2.00 bits per heavy atom. The molecule has 0 saturated carbocycles. The van der Waals surface area contributed by atoms with Crippen LogP contribution < -0.4 is 5.32 Å². The minimum absolute atomic E-state index is 0.641. The number of piperidine rings is 1. The normalized spacial score (nSPS) is 25.6. The molecule has 18 heavy (non-hydrogen) atoms. The van der Waals surface area contributed by atoms with E-state index in [0.29, 0.717) is 18.0 Å². The van der Waals surface area contributed by atoms with Crippen molar-refractivity contribution in [3.63, 3.8) is 0 Å². The average molecular weight is 246 g/mol. The van der Waals surface area contributed by atoms with E-state index in [0.717, 1.165) is 6.54 Å². The van der Waals surface area contributed by atoms with Gasteiger partial charge >= 0.3 is 0 Å². The molecule has 1 aromatic rings. The van der Waals surface area contributed by atoms with Crippen molar-refractivity contribution in [3.05, 3.63) is 35.9 Å². The quantitative estimate of drug-likeness (QED) is 0.879. The molecule has 2 atom stereocenters. The van der Waals surface area contributed by atoms with Gasteiger partial charge in [0.05, 0.1) is 0 Å². The summed E-state index contributed by atoms with van der Waals surface area (Å²) in [5, 5.41) is 3.51. The lowest BCUT2D eigenvalue weighted by Gasteiger charge is -2.43. The maximum atomic E-state index is 3.51. The van der Waals surface area contributed by atoms with Crippen LogP contribution in [0.4, 0.5) is 0 Å². The van der Waals surface area contributed by atoms with Crippen LogP contribution in [-0.4, -0.2) is 30.6 Å². The van der Waals surface area contributed by atoms with Crippen LogP contribution in [-0.2, 0) is 6.54 Å². The second-order valence-electron chi connectivity index (χ2n) is 5.73. The predicted octanol–water partition coefficient (Wildman–Crippen LogP) is 2.90. The van der Waals surface area contributed by atoms with E-state index in [1.807, 2.05) is 0 Å². The molecule has 0 radical (unpaired) electrons. The van der Waals surface area contributed by atoms with Gasteiger partial charge in [-0.2, -0.15) is 0 Å². The standard InChI is InChI=1S/C16H26N2/c1-13(2)16-15(17-3)10-7-11-18(16)12-14-8-5-4-6-9-14/h4-6,8-9,13,15-17H,7,10-12H2,1-3H3. The molecule has 0 aliphatic carbocycles. The van der Waals surface area contributed by atoms with Gasteiger partial charge < -0.3 is 5.32 Å². The molecule has 1 fully saturated rings. The second-order valence-corrected chi connectivity index (χ2v) is 5.73. The molecule has 0 aromatic heterocycles. The highest BCUT2D eigenvalue weighted by Crippen LogP contribution is 2.25. The zero-order valence-corrected chi connectivity index (χ0v) is 11.9. The van der Waals surface area contributed by atoms with Crippen molar-refractivity contribution in [3.8, 4) is 0 Å². The van der Waals surface area contributed by atoms with Crippen LogP contribution in [0.3, 0.4) is 0 Å². The molecule has 2 nitrogen and oxygen atoms in total. The SMILES string of the molecule is CNC1CCCN(Cc2ccccc2)C1C(C)C. The molecule has 1 aromatic carbocycles. The van der Waals surface area contributed by atoms with Gasteiger partial charge in [-0.25, -0.2) is 0 Å². The maximum absolute atomic E-state index is 3.51. The Balaban J connectivity index is 2.09. The lowest BCUT2D eigenvalue weighted by molar-refractivity contribution is 0.0748. The van der Waals surface area contributed by atoms with Crippen LogP contribution >= 0.6 is 0 Å². The number of nitrogens with one attached hydrogen (secondary N) is 1. The number of likely N-dealkylation sites (N-methyl/N-ethyl adjacent to an activating group) is 1. The summed E-state index contributed by atoms with van der Waals surface area (Å²) in [5.74, 6) is 0.700. The summed E-state index contributed by atoms with van der Waals surface area (Å²) < 4.78 is 0. The van der Waals surface area contributed by atoms with Crippen LogP contribution in [0.15, 0.2) is 30.3 Å². The molecule has 0 amide bonds. The molecule has 1 heterocycles. The summed E-state index contributed by atoms with van der Waals surface area (Å²) in [7, 11) is 2.10. The van der Waals surface area contributed by atoms with Crippen molar-refractivity contribution in [2.24, 2.45) is 5.92 Å².